The number of hydrogen-bond donors (Lipinski definition) is 1. The maximum absolute atomic E-state index is 11.7. The van der Waals surface area contributed by atoms with E-state index in [-0.39, 0.29) is 11.7 Å². The fourth-order valence-electron chi connectivity index (χ4n) is 2.48. The number of esters is 1. The predicted octanol–water partition coefficient (Wildman–Crippen LogP) is 4.06. The summed E-state index contributed by atoms with van der Waals surface area (Å²) in [5.74, 6) is 0.451. The molecule has 0 bridgehead atoms. The highest BCUT2D eigenvalue weighted by molar-refractivity contribution is 5.69. The molecule has 7 nitrogen and oxygen atoms in total. The van der Waals surface area contributed by atoms with Gasteiger partial charge in [-0.15, -0.1) is 0 Å². The number of carbonyl (C=O) groups is 1. The van der Waals surface area contributed by atoms with E-state index < -0.39 is 4.92 Å². The number of unbranched alkanes of at least 4 members (excludes halogenated alkanes) is 2. The molecule has 0 fully saturated rings. The average molecular weight is 371 g/mol. The van der Waals surface area contributed by atoms with Gasteiger partial charge in [0.1, 0.15) is 12.0 Å². The molecule has 1 aromatic heterocycles. The maximum atomic E-state index is 11.7. The third-order valence-electron chi connectivity index (χ3n) is 4.09. The zero-order valence-corrected chi connectivity index (χ0v) is 15.5. The molecule has 0 saturated carbocycles. The van der Waals surface area contributed by atoms with Crippen LogP contribution in [0.15, 0.2) is 42.6 Å². The van der Waals surface area contributed by atoms with Crippen LogP contribution in [0.25, 0.3) is 0 Å². The summed E-state index contributed by atoms with van der Waals surface area (Å²) in [6.45, 7) is 3.19. The van der Waals surface area contributed by atoms with Gasteiger partial charge in [-0.1, -0.05) is 29.8 Å². The van der Waals surface area contributed by atoms with Crippen LogP contribution in [0.4, 0.5) is 11.5 Å². The largest absolute Gasteiger partial charge is 0.466 e. The number of carbonyl (C=O) groups excluding carboxylic acids is 1. The van der Waals surface area contributed by atoms with Gasteiger partial charge in [-0.05, 0) is 44.2 Å². The number of ether oxygens (including phenoxy) is 1. The van der Waals surface area contributed by atoms with E-state index in [1.807, 2.05) is 31.2 Å². The van der Waals surface area contributed by atoms with Crippen molar-refractivity contribution in [2.45, 2.75) is 39.0 Å². The van der Waals surface area contributed by atoms with E-state index in [0.29, 0.717) is 31.8 Å². The van der Waals surface area contributed by atoms with Crippen molar-refractivity contribution in [3.8, 4) is 0 Å². The Morgan fingerprint density at radius 3 is 2.59 bits per heavy atom. The van der Waals surface area contributed by atoms with E-state index in [4.69, 9.17) is 4.74 Å². The number of nitrogens with one attached hydrogen (secondary N) is 1. The van der Waals surface area contributed by atoms with Crippen molar-refractivity contribution < 1.29 is 14.5 Å². The number of anilines is 1. The normalized spacial score (nSPS) is 10.4. The first kappa shape index (κ1) is 20.4. The smallest absolute Gasteiger partial charge is 0.306 e. The molecule has 2 aromatic rings. The molecular formula is C20H25N3O4. The molecule has 1 N–H and O–H groups in total. The van der Waals surface area contributed by atoms with Crippen LogP contribution in [-0.4, -0.2) is 29.0 Å². The van der Waals surface area contributed by atoms with Crippen LogP contribution in [0.5, 0.6) is 0 Å². The number of benzene rings is 1. The summed E-state index contributed by atoms with van der Waals surface area (Å²) in [7, 11) is 0. The van der Waals surface area contributed by atoms with Crippen LogP contribution >= 0.6 is 0 Å². The second-order valence-corrected chi connectivity index (χ2v) is 6.35. The van der Waals surface area contributed by atoms with Crippen LogP contribution in [-0.2, 0) is 16.0 Å². The van der Waals surface area contributed by atoms with E-state index in [1.165, 1.54) is 17.8 Å². The van der Waals surface area contributed by atoms with E-state index in [9.17, 15) is 14.9 Å². The number of aryl methyl sites for hydroxylation is 2. The second-order valence-electron chi connectivity index (χ2n) is 6.35. The Labute approximate surface area is 158 Å². The summed E-state index contributed by atoms with van der Waals surface area (Å²) in [6, 6.07) is 11.2. The molecule has 0 saturated heterocycles. The minimum absolute atomic E-state index is 0.0234. The van der Waals surface area contributed by atoms with Gasteiger partial charge >= 0.3 is 5.97 Å². The van der Waals surface area contributed by atoms with Gasteiger partial charge in [0.25, 0.3) is 5.69 Å². The molecular weight excluding hydrogens is 346 g/mol. The van der Waals surface area contributed by atoms with Crippen LogP contribution in [0.1, 0.15) is 36.8 Å². The molecule has 0 radical (unpaired) electrons. The lowest BCUT2D eigenvalue weighted by Gasteiger charge is -2.07. The summed E-state index contributed by atoms with van der Waals surface area (Å²) in [6.07, 6.45) is 4.97. The number of rotatable bonds is 11. The monoisotopic (exact) mass is 371 g/mol. The van der Waals surface area contributed by atoms with Crippen molar-refractivity contribution in [1.82, 2.24) is 4.98 Å². The van der Waals surface area contributed by atoms with Gasteiger partial charge in [0.2, 0.25) is 0 Å². The minimum atomic E-state index is -0.473. The molecule has 27 heavy (non-hydrogen) atoms. The summed E-state index contributed by atoms with van der Waals surface area (Å²) >= 11 is 0. The summed E-state index contributed by atoms with van der Waals surface area (Å²) in [5, 5.41) is 13.7. The SMILES string of the molecule is Cc1ccc(CCC(=O)OCCCCCNc2ccc([N+](=O)[O-])cn2)cc1. The summed E-state index contributed by atoms with van der Waals surface area (Å²) < 4.78 is 5.25. The molecule has 0 spiro atoms. The zero-order chi connectivity index (χ0) is 19.5. The van der Waals surface area contributed by atoms with Gasteiger partial charge < -0.3 is 10.1 Å². The lowest BCUT2D eigenvalue weighted by Crippen LogP contribution is -2.08. The van der Waals surface area contributed by atoms with Gasteiger partial charge in [0.05, 0.1) is 11.5 Å². The fraction of sp³-hybridized carbons (Fsp3) is 0.400. The van der Waals surface area contributed by atoms with Crippen LogP contribution in [0, 0.1) is 17.0 Å². The van der Waals surface area contributed by atoms with Crippen molar-refractivity contribution in [3.63, 3.8) is 0 Å². The molecule has 1 aromatic carbocycles. The van der Waals surface area contributed by atoms with E-state index in [2.05, 4.69) is 10.3 Å². The Kier molecular flexibility index (Phi) is 8.22. The quantitative estimate of drug-likeness (QED) is 0.277. The molecule has 0 unspecified atom stereocenters. The molecule has 7 heteroatoms. The van der Waals surface area contributed by atoms with Crippen molar-refractivity contribution in [3.05, 3.63) is 63.8 Å². The Balaban J connectivity index is 1.49. The number of hydrogen-bond acceptors (Lipinski definition) is 6. The number of aromatic nitrogens is 1. The number of nitro groups is 1. The first-order chi connectivity index (χ1) is 13.0. The minimum Gasteiger partial charge on any atom is -0.466 e. The van der Waals surface area contributed by atoms with E-state index in [1.54, 1.807) is 6.07 Å². The van der Waals surface area contributed by atoms with Gasteiger partial charge in [-0.25, -0.2) is 4.98 Å². The highest BCUT2D eigenvalue weighted by Crippen LogP contribution is 2.12. The molecule has 144 valence electrons. The first-order valence-electron chi connectivity index (χ1n) is 9.10. The molecule has 0 aliphatic heterocycles. The van der Waals surface area contributed by atoms with E-state index >= 15 is 0 Å². The summed E-state index contributed by atoms with van der Waals surface area (Å²) in [4.78, 5) is 25.8. The van der Waals surface area contributed by atoms with Crippen molar-refractivity contribution >= 4 is 17.5 Å². The molecule has 2 rings (SSSR count). The van der Waals surface area contributed by atoms with E-state index in [0.717, 1.165) is 24.8 Å². The molecule has 0 atom stereocenters. The Morgan fingerprint density at radius 1 is 1.15 bits per heavy atom. The third kappa shape index (κ3) is 7.85. The van der Waals surface area contributed by atoms with Gasteiger partial charge in [0, 0.05) is 19.0 Å². The van der Waals surface area contributed by atoms with Gasteiger partial charge in [0.15, 0.2) is 0 Å². The number of pyridine rings is 1. The van der Waals surface area contributed by atoms with Gasteiger partial charge in [-0.3, -0.25) is 14.9 Å². The standard InChI is InChI=1S/C20H25N3O4/c1-16-5-7-17(8-6-16)9-12-20(24)27-14-4-2-3-13-21-19-11-10-18(15-22-19)23(25)26/h5-8,10-11,15H,2-4,9,12-14H2,1H3,(H,21,22). The third-order valence-corrected chi connectivity index (χ3v) is 4.09. The average Bonchev–Trinajstić information content (AvgIpc) is 2.67. The molecule has 0 amide bonds. The van der Waals surface area contributed by atoms with Crippen LogP contribution in [0.2, 0.25) is 0 Å². The maximum Gasteiger partial charge on any atom is 0.306 e. The Bertz CT molecular complexity index is 730. The fourth-order valence-corrected chi connectivity index (χ4v) is 2.48. The zero-order valence-electron chi connectivity index (χ0n) is 15.5. The Morgan fingerprint density at radius 2 is 1.93 bits per heavy atom. The highest BCUT2D eigenvalue weighted by atomic mass is 16.6. The molecule has 0 aliphatic carbocycles. The number of nitrogens with zero attached hydrogens (tertiary/aromatic N) is 2. The second kappa shape index (κ2) is 10.9. The predicted molar refractivity (Wildman–Crippen MR) is 104 cm³/mol. The first-order valence-corrected chi connectivity index (χ1v) is 9.10. The Hall–Kier alpha value is -2.96. The summed E-state index contributed by atoms with van der Waals surface area (Å²) in [5.41, 5.74) is 2.33. The lowest BCUT2D eigenvalue weighted by molar-refractivity contribution is -0.385. The molecule has 1 heterocycles. The van der Waals surface area contributed by atoms with Crippen LogP contribution < -0.4 is 5.32 Å². The van der Waals surface area contributed by atoms with Crippen molar-refractivity contribution in [2.75, 3.05) is 18.5 Å². The molecule has 0 aliphatic rings. The lowest BCUT2D eigenvalue weighted by atomic mass is 10.1. The van der Waals surface area contributed by atoms with Crippen LogP contribution in [0.3, 0.4) is 0 Å². The van der Waals surface area contributed by atoms with Gasteiger partial charge in [-0.2, -0.15) is 0 Å². The van der Waals surface area contributed by atoms with Crippen molar-refractivity contribution in [2.24, 2.45) is 0 Å². The highest BCUT2D eigenvalue weighted by Gasteiger charge is 2.05. The van der Waals surface area contributed by atoms with Crippen molar-refractivity contribution in [1.29, 1.82) is 0 Å². The topological polar surface area (TPSA) is 94.4 Å².